The van der Waals surface area contributed by atoms with Crippen molar-refractivity contribution in [2.45, 2.75) is 29.4 Å². The van der Waals surface area contributed by atoms with Gasteiger partial charge in [-0.25, -0.2) is 0 Å². The SMILES string of the molecule is CCc1ccccc1NC(=O)c1ccc(N2C(=O)[C@@H]3[C@H]4C[C@@H]([C@@H](Br)[C@H]4Br)[C@H]3C2=O)cc1. The lowest BCUT2D eigenvalue weighted by atomic mass is 9.81. The van der Waals surface area contributed by atoms with E-state index in [2.05, 4.69) is 37.2 Å². The van der Waals surface area contributed by atoms with Gasteiger partial charge < -0.3 is 5.32 Å². The maximum absolute atomic E-state index is 13.2. The summed E-state index contributed by atoms with van der Waals surface area (Å²) in [6, 6.07) is 14.4. The van der Waals surface area contributed by atoms with E-state index in [1.54, 1.807) is 24.3 Å². The topological polar surface area (TPSA) is 66.5 Å². The first-order valence-electron chi connectivity index (χ1n) is 10.6. The number of hydrogen-bond acceptors (Lipinski definition) is 3. The molecule has 6 atom stereocenters. The molecule has 1 aliphatic heterocycles. The number of alkyl halides is 2. The summed E-state index contributed by atoms with van der Waals surface area (Å²) >= 11 is 7.42. The monoisotopic (exact) mass is 544 g/mol. The Morgan fingerprint density at radius 1 is 0.968 bits per heavy atom. The molecule has 2 aromatic rings. The number of hydrogen-bond donors (Lipinski definition) is 1. The summed E-state index contributed by atoms with van der Waals surface area (Å²) in [6.07, 6.45) is 1.73. The van der Waals surface area contributed by atoms with Crippen LogP contribution in [0, 0.1) is 23.7 Å². The third-order valence-corrected chi connectivity index (χ3v) is 10.2. The number of carbonyl (C=O) groups is 3. The van der Waals surface area contributed by atoms with Crippen molar-refractivity contribution in [3.05, 3.63) is 59.7 Å². The molecule has 31 heavy (non-hydrogen) atoms. The molecule has 0 radical (unpaired) electrons. The molecule has 0 unspecified atom stereocenters. The fourth-order valence-corrected chi connectivity index (χ4v) is 7.38. The average molecular weight is 546 g/mol. The number of rotatable bonds is 4. The molecular formula is C24H22Br2N2O3. The third kappa shape index (κ3) is 3.20. The summed E-state index contributed by atoms with van der Waals surface area (Å²) < 4.78 is 0. The molecule has 3 fully saturated rings. The molecule has 0 aromatic heterocycles. The van der Waals surface area contributed by atoms with Crippen LogP contribution in [0.15, 0.2) is 48.5 Å². The van der Waals surface area contributed by atoms with Crippen molar-refractivity contribution in [2.75, 3.05) is 10.2 Å². The Bertz CT molecular complexity index is 1040. The molecule has 1 N–H and O–H groups in total. The van der Waals surface area contributed by atoms with E-state index in [1.165, 1.54) is 4.90 Å². The van der Waals surface area contributed by atoms with Gasteiger partial charge in [0, 0.05) is 20.9 Å². The second-order valence-corrected chi connectivity index (χ2v) is 10.6. The molecule has 7 heteroatoms. The fourth-order valence-electron chi connectivity index (χ4n) is 5.51. The van der Waals surface area contributed by atoms with Crippen LogP contribution >= 0.6 is 31.9 Å². The predicted octanol–water partition coefficient (Wildman–Crippen LogP) is 4.78. The number of nitrogens with zero attached hydrogens (tertiary/aromatic N) is 1. The van der Waals surface area contributed by atoms with E-state index in [4.69, 9.17) is 0 Å². The molecule has 2 saturated carbocycles. The Kier molecular flexibility index (Phi) is 5.29. The smallest absolute Gasteiger partial charge is 0.255 e. The zero-order chi connectivity index (χ0) is 21.9. The largest absolute Gasteiger partial charge is 0.322 e. The molecule has 2 aromatic carbocycles. The minimum Gasteiger partial charge on any atom is -0.322 e. The highest BCUT2D eigenvalue weighted by atomic mass is 79.9. The van der Waals surface area contributed by atoms with Gasteiger partial charge >= 0.3 is 0 Å². The van der Waals surface area contributed by atoms with Crippen LogP contribution in [0.5, 0.6) is 0 Å². The number of amides is 3. The Morgan fingerprint density at radius 3 is 2.13 bits per heavy atom. The van der Waals surface area contributed by atoms with Gasteiger partial charge in [-0.3, -0.25) is 19.3 Å². The van der Waals surface area contributed by atoms with Gasteiger partial charge in [0.05, 0.1) is 17.5 Å². The molecule has 5 nitrogen and oxygen atoms in total. The zero-order valence-corrected chi connectivity index (χ0v) is 20.1. The van der Waals surface area contributed by atoms with E-state index in [1.807, 2.05) is 31.2 Å². The molecule has 2 aliphatic carbocycles. The Balaban J connectivity index is 1.35. The van der Waals surface area contributed by atoms with Gasteiger partial charge in [0.1, 0.15) is 0 Å². The van der Waals surface area contributed by atoms with E-state index in [0.29, 0.717) is 11.3 Å². The van der Waals surface area contributed by atoms with Crippen molar-refractivity contribution in [3.8, 4) is 0 Å². The van der Waals surface area contributed by atoms with Crippen molar-refractivity contribution < 1.29 is 14.4 Å². The second-order valence-electron chi connectivity index (χ2n) is 8.53. The molecule has 160 valence electrons. The van der Waals surface area contributed by atoms with Gasteiger partial charge in [0.25, 0.3) is 5.91 Å². The van der Waals surface area contributed by atoms with E-state index in [-0.39, 0.29) is 51.0 Å². The van der Waals surface area contributed by atoms with Gasteiger partial charge in [-0.05, 0) is 60.6 Å². The molecule has 3 amide bonds. The molecule has 2 bridgehead atoms. The van der Waals surface area contributed by atoms with Crippen LogP contribution in [-0.2, 0) is 16.0 Å². The fraction of sp³-hybridized carbons (Fsp3) is 0.375. The van der Waals surface area contributed by atoms with Crippen molar-refractivity contribution in [1.82, 2.24) is 0 Å². The van der Waals surface area contributed by atoms with Crippen molar-refractivity contribution >= 4 is 61.0 Å². The first-order chi connectivity index (χ1) is 14.9. The normalized spacial score (nSPS) is 31.3. The highest BCUT2D eigenvalue weighted by Crippen LogP contribution is 2.60. The molecule has 3 aliphatic rings. The minimum absolute atomic E-state index is 0.111. The Hall–Kier alpha value is -1.99. The summed E-state index contributed by atoms with van der Waals surface area (Å²) in [5.74, 6) is -0.561. The van der Waals surface area contributed by atoms with Crippen molar-refractivity contribution in [1.29, 1.82) is 0 Å². The Labute approximate surface area is 197 Å². The molecular weight excluding hydrogens is 524 g/mol. The maximum atomic E-state index is 13.2. The highest BCUT2D eigenvalue weighted by Gasteiger charge is 2.66. The summed E-state index contributed by atoms with van der Waals surface area (Å²) in [4.78, 5) is 40.8. The third-order valence-electron chi connectivity index (χ3n) is 7.02. The van der Waals surface area contributed by atoms with Crippen molar-refractivity contribution in [3.63, 3.8) is 0 Å². The first kappa shape index (κ1) is 20.9. The molecule has 0 spiro atoms. The average Bonchev–Trinajstić information content (AvgIpc) is 3.39. The van der Waals surface area contributed by atoms with Crippen LogP contribution < -0.4 is 10.2 Å². The standard InChI is InChI=1S/C24H22Br2N2O3/c1-2-12-5-3-4-6-17(12)27-22(29)13-7-9-14(10-8-13)28-23(30)18-15-11-16(19(18)24(28)31)21(26)20(15)25/h3-10,15-16,18-21H,2,11H2,1H3,(H,27,29)/t15-,16-,18-,19-,20-,21+/m1/s1. The maximum Gasteiger partial charge on any atom is 0.255 e. The highest BCUT2D eigenvalue weighted by molar-refractivity contribution is 9.12. The number of para-hydroxylation sites is 1. The van der Waals surface area contributed by atoms with Crippen LogP contribution in [0.2, 0.25) is 0 Å². The zero-order valence-electron chi connectivity index (χ0n) is 16.9. The molecule has 1 saturated heterocycles. The second kappa shape index (κ2) is 7.85. The van der Waals surface area contributed by atoms with E-state index in [0.717, 1.165) is 24.1 Å². The van der Waals surface area contributed by atoms with Gasteiger partial charge in [-0.2, -0.15) is 0 Å². The van der Waals surface area contributed by atoms with Crippen molar-refractivity contribution in [2.24, 2.45) is 23.7 Å². The number of halogens is 2. The molecule has 5 rings (SSSR count). The van der Waals surface area contributed by atoms with Crippen LogP contribution in [0.1, 0.15) is 29.3 Å². The summed E-state index contributed by atoms with van der Waals surface area (Å²) in [7, 11) is 0. The van der Waals surface area contributed by atoms with Gasteiger partial charge in [-0.15, -0.1) is 0 Å². The number of fused-ring (bicyclic) bond motifs is 5. The quantitative estimate of drug-likeness (QED) is 0.444. The number of anilines is 2. The van der Waals surface area contributed by atoms with Gasteiger partial charge in [-0.1, -0.05) is 57.0 Å². The van der Waals surface area contributed by atoms with Crippen LogP contribution in [0.3, 0.4) is 0 Å². The Morgan fingerprint density at radius 2 is 1.55 bits per heavy atom. The van der Waals surface area contributed by atoms with Crippen LogP contribution in [-0.4, -0.2) is 27.4 Å². The van der Waals surface area contributed by atoms with Gasteiger partial charge in [0.15, 0.2) is 0 Å². The van der Waals surface area contributed by atoms with Crippen LogP contribution in [0.4, 0.5) is 11.4 Å². The summed E-state index contributed by atoms with van der Waals surface area (Å²) in [6.45, 7) is 2.04. The number of imide groups is 1. The van der Waals surface area contributed by atoms with E-state index < -0.39 is 0 Å². The number of aryl methyl sites for hydroxylation is 1. The molecule has 1 heterocycles. The lowest BCUT2D eigenvalue weighted by Crippen LogP contribution is -2.37. The van der Waals surface area contributed by atoms with Gasteiger partial charge in [0.2, 0.25) is 11.8 Å². The number of benzene rings is 2. The van der Waals surface area contributed by atoms with E-state index >= 15 is 0 Å². The predicted molar refractivity (Wildman–Crippen MR) is 127 cm³/mol. The minimum atomic E-state index is -0.246. The van der Waals surface area contributed by atoms with Crippen LogP contribution in [0.25, 0.3) is 0 Å². The van der Waals surface area contributed by atoms with E-state index in [9.17, 15) is 14.4 Å². The number of carbonyl (C=O) groups excluding carboxylic acids is 3. The summed E-state index contributed by atoms with van der Waals surface area (Å²) in [5.41, 5.74) is 2.87. The lowest BCUT2D eigenvalue weighted by molar-refractivity contribution is -0.123. The first-order valence-corrected chi connectivity index (χ1v) is 12.4. The summed E-state index contributed by atoms with van der Waals surface area (Å²) in [5, 5.41) is 2.95. The number of nitrogens with one attached hydrogen (secondary N) is 1. The lowest BCUT2D eigenvalue weighted by Gasteiger charge is -2.28.